The van der Waals surface area contributed by atoms with E-state index in [0.29, 0.717) is 24.7 Å². The van der Waals surface area contributed by atoms with Gasteiger partial charge in [-0.15, -0.1) is 0 Å². The number of rotatable bonds is 9. The van der Waals surface area contributed by atoms with E-state index in [4.69, 9.17) is 0 Å². The number of carbonyl (C=O) groups excluding carboxylic acids is 1. The number of hydrogen-bond acceptors (Lipinski definition) is 2. The van der Waals surface area contributed by atoms with Gasteiger partial charge in [-0.2, -0.15) is 0 Å². The molecule has 35 heavy (non-hydrogen) atoms. The SMILES string of the molecule is CCC=CCC(=O)C1(O)CC[C@@]2(C)C(=CC[C@H]3[C@@H]4CC[C@H]([C@H](C)CCCC(C)C)[C@@]4(C)CC[C@@H]32)C1. The highest BCUT2D eigenvalue weighted by Crippen LogP contribution is 2.67. The van der Waals surface area contributed by atoms with Crippen LogP contribution < -0.4 is 0 Å². The first-order valence-electron chi connectivity index (χ1n) is 15.2. The van der Waals surface area contributed by atoms with Crippen LogP contribution >= 0.6 is 0 Å². The lowest BCUT2D eigenvalue weighted by Gasteiger charge is -2.59. The summed E-state index contributed by atoms with van der Waals surface area (Å²) >= 11 is 0. The zero-order valence-electron chi connectivity index (χ0n) is 23.7. The average molecular weight is 483 g/mol. The second-order valence-electron chi connectivity index (χ2n) is 14.0. The lowest BCUT2D eigenvalue weighted by atomic mass is 9.46. The zero-order valence-corrected chi connectivity index (χ0v) is 23.7. The molecule has 0 aliphatic heterocycles. The second-order valence-corrected chi connectivity index (χ2v) is 14.0. The molecule has 0 aromatic heterocycles. The predicted molar refractivity (Wildman–Crippen MR) is 147 cm³/mol. The average Bonchev–Trinajstić information content (AvgIpc) is 3.16. The molecule has 3 saturated carbocycles. The van der Waals surface area contributed by atoms with E-state index in [1.807, 2.05) is 12.2 Å². The van der Waals surface area contributed by atoms with Crippen molar-refractivity contribution < 1.29 is 9.90 Å². The van der Waals surface area contributed by atoms with E-state index < -0.39 is 5.60 Å². The Hall–Kier alpha value is -0.890. The molecule has 4 aliphatic carbocycles. The van der Waals surface area contributed by atoms with Crippen molar-refractivity contribution >= 4 is 5.78 Å². The van der Waals surface area contributed by atoms with E-state index in [1.54, 1.807) is 0 Å². The van der Waals surface area contributed by atoms with Gasteiger partial charge in [0.25, 0.3) is 0 Å². The third kappa shape index (κ3) is 4.99. The topological polar surface area (TPSA) is 37.3 Å². The Bertz CT molecular complexity index is 823. The van der Waals surface area contributed by atoms with E-state index in [1.165, 1.54) is 56.9 Å². The highest BCUT2D eigenvalue weighted by molar-refractivity contribution is 5.88. The molecule has 0 amide bonds. The quantitative estimate of drug-likeness (QED) is 0.334. The Morgan fingerprint density at radius 3 is 2.54 bits per heavy atom. The Morgan fingerprint density at radius 2 is 1.83 bits per heavy atom. The highest BCUT2D eigenvalue weighted by Gasteiger charge is 2.60. The molecule has 3 fully saturated rings. The van der Waals surface area contributed by atoms with Gasteiger partial charge in [-0.25, -0.2) is 0 Å². The fourth-order valence-electron chi connectivity index (χ4n) is 9.46. The molecule has 1 unspecified atom stereocenters. The van der Waals surface area contributed by atoms with Crippen molar-refractivity contribution in [2.24, 2.45) is 46.3 Å². The first-order chi connectivity index (χ1) is 16.5. The summed E-state index contributed by atoms with van der Waals surface area (Å²) in [5.74, 6) is 4.97. The number of carbonyl (C=O) groups is 1. The normalized spacial score (nSPS) is 41.9. The smallest absolute Gasteiger partial charge is 0.168 e. The summed E-state index contributed by atoms with van der Waals surface area (Å²) in [4.78, 5) is 12.9. The van der Waals surface area contributed by atoms with Crippen molar-refractivity contribution in [1.29, 1.82) is 0 Å². The minimum Gasteiger partial charge on any atom is -0.382 e. The molecule has 0 bridgehead atoms. The molecule has 0 saturated heterocycles. The van der Waals surface area contributed by atoms with E-state index >= 15 is 0 Å². The van der Waals surface area contributed by atoms with Crippen LogP contribution in [0.1, 0.15) is 125 Å². The van der Waals surface area contributed by atoms with Crippen LogP contribution in [0.4, 0.5) is 0 Å². The van der Waals surface area contributed by atoms with Gasteiger partial charge in [0.2, 0.25) is 0 Å². The number of hydrogen-bond donors (Lipinski definition) is 1. The predicted octanol–water partition coefficient (Wildman–Crippen LogP) is 8.68. The Balaban J connectivity index is 1.47. The van der Waals surface area contributed by atoms with Crippen molar-refractivity contribution in [2.75, 3.05) is 0 Å². The van der Waals surface area contributed by atoms with Gasteiger partial charge in [0, 0.05) is 12.8 Å². The molecule has 0 aromatic carbocycles. The van der Waals surface area contributed by atoms with Crippen molar-refractivity contribution in [3.8, 4) is 0 Å². The summed E-state index contributed by atoms with van der Waals surface area (Å²) in [5, 5.41) is 11.4. The van der Waals surface area contributed by atoms with Crippen LogP contribution in [0.3, 0.4) is 0 Å². The van der Waals surface area contributed by atoms with Gasteiger partial charge in [0.15, 0.2) is 5.78 Å². The molecule has 8 atom stereocenters. The summed E-state index contributed by atoms with van der Waals surface area (Å²) in [6.07, 6.45) is 20.9. The minimum atomic E-state index is -1.15. The zero-order chi connectivity index (χ0) is 25.4. The Labute approximate surface area is 216 Å². The maximum Gasteiger partial charge on any atom is 0.168 e. The van der Waals surface area contributed by atoms with Crippen molar-refractivity contribution in [2.45, 2.75) is 131 Å². The summed E-state index contributed by atoms with van der Waals surface area (Å²) in [5.41, 5.74) is 0.942. The molecule has 0 spiro atoms. The summed E-state index contributed by atoms with van der Waals surface area (Å²) in [6.45, 7) is 14.5. The first kappa shape index (κ1) is 27.2. The minimum absolute atomic E-state index is 0.0218. The molecular formula is C33H54O2. The van der Waals surface area contributed by atoms with Crippen LogP contribution in [0.2, 0.25) is 0 Å². The van der Waals surface area contributed by atoms with E-state index in [9.17, 15) is 9.90 Å². The number of allylic oxidation sites excluding steroid dienone is 3. The van der Waals surface area contributed by atoms with Crippen LogP contribution in [0.5, 0.6) is 0 Å². The van der Waals surface area contributed by atoms with Crippen LogP contribution in [0.15, 0.2) is 23.8 Å². The first-order valence-corrected chi connectivity index (χ1v) is 15.2. The lowest BCUT2D eigenvalue weighted by molar-refractivity contribution is -0.142. The maximum absolute atomic E-state index is 12.9. The summed E-state index contributed by atoms with van der Waals surface area (Å²) in [7, 11) is 0. The van der Waals surface area contributed by atoms with Gasteiger partial charge in [-0.05, 0) is 97.7 Å². The van der Waals surface area contributed by atoms with E-state index in [2.05, 4.69) is 47.6 Å². The molecule has 4 rings (SSSR count). The van der Waals surface area contributed by atoms with E-state index in [-0.39, 0.29) is 11.2 Å². The third-order valence-electron chi connectivity index (χ3n) is 11.6. The fourth-order valence-corrected chi connectivity index (χ4v) is 9.46. The molecular weight excluding hydrogens is 428 g/mol. The van der Waals surface area contributed by atoms with Crippen LogP contribution in [-0.4, -0.2) is 16.5 Å². The van der Waals surface area contributed by atoms with Gasteiger partial charge < -0.3 is 5.11 Å². The number of Topliss-reactive ketones (excluding diaryl/α,β-unsaturated/α-hetero) is 1. The molecule has 1 N–H and O–H groups in total. The number of aliphatic hydroxyl groups is 1. The Morgan fingerprint density at radius 1 is 1.06 bits per heavy atom. The van der Waals surface area contributed by atoms with E-state index in [0.717, 1.165) is 48.3 Å². The molecule has 0 heterocycles. The highest BCUT2D eigenvalue weighted by atomic mass is 16.3. The second kappa shape index (κ2) is 10.5. The molecule has 0 radical (unpaired) electrons. The van der Waals surface area contributed by atoms with Crippen LogP contribution in [-0.2, 0) is 4.79 Å². The van der Waals surface area contributed by atoms with Gasteiger partial charge in [0.1, 0.15) is 5.60 Å². The summed E-state index contributed by atoms with van der Waals surface area (Å²) < 4.78 is 0. The van der Waals surface area contributed by atoms with Crippen molar-refractivity contribution in [3.05, 3.63) is 23.8 Å². The maximum atomic E-state index is 12.9. The number of fused-ring (bicyclic) bond motifs is 5. The van der Waals surface area contributed by atoms with Gasteiger partial charge in [-0.1, -0.05) is 84.6 Å². The molecule has 2 nitrogen and oxygen atoms in total. The molecule has 4 aliphatic rings. The molecule has 0 aromatic rings. The lowest BCUT2D eigenvalue weighted by Crippen LogP contribution is -2.54. The van der Waals surface area contributed by atoms with Gasteiger partial charge >= 0.3 is 0 Å². The van der Waals surface area contributed by atoms with Crippen LogP contribution in [0, 0.1) is 46.3 Å². The number of ketones is 1. The van der Waals surface area contributed by atoms with Gasteiger partial charge in [0.05, 0.1) is 0 Å². The van der Waals surface area contributed by atoms with Crippen molar-refractivity contribution in [3.63, 3.8) is 0 Å². The Kier molecular flexibility index (Phi) is 8.12. The van der Waals surface area contributed by atoms with Crippen molar-refractivity contribution in [1.82, 2.24) is 0 Å². The van der Waals surface area contributed by atoms with Crippen LogP contribution in [0.25, 0.3) is 0 Å². The molecule has 2 heteroatoms. The monoisotopic (exact) mass is 482 g/mol. The van der Waals surface area contributed by atoms with Gasteiger partial charge in [-0.3, -0.25) is 4.79 Å². The standard InChI is InChI=1S/C33H54O2/c1-7-8-9-13-30(34)33(35)21-20-31(5)25(22-33)14-15-26-28-17-16-27(24(4)12-10-11-23(2)3)32(28,6)19-18-29(26)31/h8-9,14,23-24,26-29,35H,7,10-13,15-22H2,1-6H3/t24-,26+,27-,28+,29+,31+,32-,33?/m1/s1. The fraction of sp³-hybridized carbons (Fsp3) is 0.848. The summed E-state index contributed by atoms with van der Waals surface area (Å²) in [6, 6.07) is 0. The third-order valence-corrected chi connectivity index (χ3v) is 11.6. The largest absolute Gasteiger partial charge is 0.382 e. The molecule has 198 valence electrons.